The van der Waals surface area contributed by atoms with Crippen LogP contribution < -0.4 is 11.1 Å². The molecule has 2 aromatic rings. The van der Waals surface area contributed by atoms with Gasteiger partial charge in [-0.1, -0.05) is 25.0 Å². The molecule has 1 aromatic carbocycles. The highest BCUT2D eigenvalue weighted by Crippen LogP contribution is 2.24. The molecule has 1 aliphatic carbocycles. The zero-order valence-corrected chi connectivity index (χ0v) is 10.4. The molecule has 96 valence electrons. The lowest BCUT2D eigenvalue weighted by Crippen LogP contribution is -2.37. The molecular weight excluding hydrogens is 226 g/mol. The van der Waals surface area contributed by atoms with Crippen LogP contribution in [-0.4, -0.2) is 17.6 Å². The molecule has 2 atom stereocenters. The van der Waals surface area contributed by atoms with Gasteiger partial charge in [0, 0.05) is 12.6 Å². The molecule has 3 rings (SSSR count). The molecule has 0 saturated heterocycles. The number of anilines is 1. The lowest BCUT2D eigenvalue weighted by atomic mass is 9.85. The summed E-state index contributed by atoms with van der Waals surface area (Å²) < 4.78 is 5.63. The molecule has 0 amide bonds. The molecule has 0 aliphatic heterocycles. The molecule has 4 heteroatoms. The molecule has 1 aliphatic rings. The van der Waals surface area contributed by atoms with E-state index in [2.05, 4.69) is 10.3 Å². The predicted octanol–water partition coefficient (Wildman–Crippen LogP) is 2.76. The first-order valence-corrected chi connectivity index (χ1v) is 6.68. The summed E-state index contributed by atoms with van der Waals surface area (Å²) in [4.78, 5) is 4.40. The number of hydrogen-bond donors (Lipinski definition) is 2. The highest BCUT2D eigenvalue weighted by molar-refractivity contribution is 5.74. The lowest BCUT2D eigenvalue weighted by Gasteiger charge is -2.28. The Balaban J connectivity index is 1.65. The topological polar surface area (TPSA) is 64.1 Å². The smallest absolute Gasteiger partial charge is 0.295 e. The maximum absolute atomic E-state index is 6.13. The van der Waals surface area contributed by atoms with E-state index in [-0.39, 0.29) is 0 Å². The van der Waals surface area contributed by atoms with Crippen LogP contribution in [0.4, 0.5) is 6.01 Å². The summed E-state index contributed by atoms with van der Waals surface area (Å²) in [5, 5.41) is 3.28. The normalized spacial score (nSPS) is 24.3. The predicted molar refractivity (Wildman–Crippen MR) is 72.4 cm³/mol. The number of rotatable bonds is 3. The van der Waals surface area contributed by atoms with Crippen LogP contribution in [0.2, 0.25) is 0 Å². The van der Waals surface area contributed by atoms with E-state index in [9.17, 15) is 0 Å². The van der Waals surface area contributed by atoms with E-state index in [1.54, 1.807) is 0 Å². The van der Waals surface area contributed by atoms with E-state index in [0.29, 0.717) is 18.0 Å². The van der Waals surface area contributed by atoms with Crippen LogP contribution in [0.25, 0.3) is 11.1 Å². The molecular formula is C14H19N3O. The quantitative estimate of drug-likeness (QED) is 0.872. The molecule has 18 heavy (non-hydrogen) atoms. The first-order valence-electron chi connectivity index (χ1n) is 6.68. The second kappa shape index (κ2) is 4.98. The minimum atomic E-state index is 0.315. The second-order valence-electron chi connectivity index (χ2n) is 5.08. The molecule has 1 heterocycles. The summed E-state index contributed by atoms with van der Waals surface area (Å²) in [6.07, 6.45) is 4.89. The first-order chi connectivity index (χ1) is 8.83. The third kappa shape index (κ3) is 2.34. The number of nitrogens with two attached hydrogens (primary N) is 1. The van der Waals surface area contributed by atoms with E-state index < -0.39 is 0 Å². The van der Waals surface area contributed by atoms with E-state index in [1.807, 2.05) is 24.3 Å². The monoisotopic (exact) mass is 245 g/mol. The van der Waals surface area contributed by atoms with Crippen molar-refractivity contribution in [1.29, 1.82) is 0 Å². The SMILES string of the molecule is NC1CCCCC1CNc1nc2ccccc2o1. The van der Waals surface area contributed by atoms with Crippen molar-refractivity contribution in [3.05, 3.63) is 24.3 Å². The van der Waals surface area contributed by atoms with Crippen molar-refractivity contribution in [1.82, 2.24) is 4.98 Å². The van der Waals surface area contributed by atoms with Crippen LogP contribution in [0.1, 0.15) is 25.7 Å². The maximum atomic E-state index is 6.13. The first kappa shape index (κ1) is 11.5. The van der Waals surface area contributed by atoms with Gasteiger partial charge in [0.15, 0.2) is 5.58 Å². The van der Waals surface area contributed by atoms with Gasteiger partial charge in [0.1, 0.15) is 5.52 Å². The van der Waals surface area contributed by atoms with Crippen LogP contribution in [0.5, 0.6) is 0 Å². The average molecular weight is 245 g/mol. The van der Waals surface area contributed by atoms with Crippen LogP contribution in [0.15, 0.2) is 28.7 Å². The number of benzene rings is 1. The number of aromatic nitrogens is 1. The molecule has 1 aromatic heterocycles. The molecule has 3 N–H and O–H groups in total. The Kier molecular flexibility index (Phi) is 3.19. The third-order valence-electron chi connectivity index (χ3n) is 3.78. The summed E-state index contributed by atoms with van der Waals surface area (Å²) in [6.45, 7) is 0.855. The largest absolute Gasteiger partial charge is 0.424 e. The molecule has 0 radical (unpaired) electrons. The van der Waals surface area contributed by atoms with Gasteiger partial charge in [-0.3, -0.25) is 0 Å². The van der Waals surface area contributed by atoms with Gasteiger partial charge >= 0.3 is 0 Å². The number of nitrogens with one attached hydrogen (secondary N) is 1. The number of hydrogen-bond acceptors (Lipinski definition) is 4. The maximum Gasteiger partial charge on any atom is 0.295 e. The van der Waals surface area contributed by atoms with Crippen LogP contribution in [-0.2, 0) is 0 Å². The summed E-state index contributed by atoms with van der Waals surface area (Å²) in [5.74, 6) is 0.536. The highest BCUT2D eigenvalue weighted by atomic mass is 16.4. The van der Waals surface area contributed by atoms with Crippen molar-refractivity contribution in [2.75, 3.05) is 11.9 Å². The molecule has 1 fully saturated rings. The summed E-state index contributed by atoms with van der Waals surface area (Å²) in [6, 6.07) is 8.72. The second-order valence-corrected chi connectivity index (χ2v) is 5.08. The van der Waals surface area contributed by atoms with E-state index in [0.717, 1.165) is 24.1 Å². The zero-order chi connectivity index (χ0) is 12.4. The number of nitrogens with zero attached hydrogens (tertiary/aromatic N) is 1. The van der Waals surface area contributed by atoms with Gasteiger partial charge in [-0.25, -0.2) is 0 Å². The van der Waals surface area contributed by atoms with Gasteiger partial charge in [-0.2, -0.15) is 4.98 Å². The lowest BCUT2D eigenvalue weighted by molar-refractivity contribution is 0.319. The Hall–Kier alpha value is -1.55. The van der Waals surface area contributed by atoms with Gasteiger partial charge < -0.3 is 15.5 Å². The van der Waals surface area contributed by atoms with E-state index >= 15 is 0 Å². The average Bonchev–Trinajstić information content (AvgIpc) is 2.80. The highest BCUT2D eigenvalue weighted by Gasteiger charge is 2.21. The van der Waals surface area contributed by atoms with Crippen molar-refractivity contribution in [2.24, 2.45) is 11.7 Å². The molecule has 1 saturated carbocycles. The van der Waals surface area contributed by atoms with Crippen molar-refractivity contribution in [3.63, 3.8) is 0 Å². The fraction of sp³-hybridized carbons (Fsp3) is 0.500. The number of para-hydroxylation sites is 2. The van der Waals surface area contributed by atoms with E-state index in [1.165, 1.54) is 19.3 Å². The zero-order valence-electron chi connectivity index (χ0n) is 10.4. The summed E-state index contributed by atoms with van der Waals surface area (Å²) in [5.41, 5.74) is 7.85. The summed E-state index contributed by atoms with van der Waals surface area (Å²) >= 11 is 0. The van der Waals surface area contributed by atoms with Gasteiger partial charge in [0.2, 0.25) is 0 Å². The van der Waals surface area contributed by atoms with Crippen LogP contribution in [0.3, 0.4) is 0 Å². The third-order valence-corrected chi connectivity index (χ3v) is 3.78. The molecule has 0 spiro atoms. The van der Waals surface area contributed by atoms with Crippen molar-refractivity contribution < 1.29 is 4.42 Å². The Bertz CT molecular complexity index is 489. The van der Waals surface area contributed by atoms with Crippen molar-refractivity contribution in [3.8, 4) is 0 Å². The fourth-order valence-electron chi connectivity index (χ4n) is 2.66. The number of fused-ring (bicyclic) bond motifs is 1. The Labute approximate surface area is 107 Å². The Morgan fingerprint density at radius 2 is 2.11 bits per heavy atom. The van der Waals surface area contributed by atoms with Gasteiger partial charge in [0.25, 0.3) is 6.01 Å². The van der Waals surface area contributed by atoms with Crippen LogP contribution in [0, 0.1) is 5.92 Å². The van der Waals surface area contributed by atoms with Crippen molar-refractivity contribution >= 4 is 17.1 Å². The molecule has 2 unspecified atom stereocenters. The van der Waals surface area contributed by atoms with Gasteiger partial charge in [-0.05, 0) is 30.9 Å². The standard InChI is InChI=1S/C14H19N3O/c15-11-6-2-1-5-10(11)9-16-14-17-12-7-3-4-8-13(12)18-14/h3-4,7-8,10-11H,1-2,5-6,9,15H2,(H,16,17). The summed E-state index contributed by atoms with van der Waals surface area (Å²) in [7, 11) is 0. The Morgan fingerprint density at radius 1 is 1.28 bits per heavy atom. The van der Waals surface area contributed by atoms with E-state index in [4.69, 9.17) is 10.2 Å². The van der Waals surface area contributed by atoms with Gasteiger partial charge in [-0.15, -0.1) is 0 Å². The minimum Gasteiger partial charge on any atom is -0.424 e. The van der Waals surface area contributed by atoms with Gasteiger partial charge in [0.05, 0.1) is 0 Å². The molecule has 0 bridgehead atoms. The molecule has 4 nitrogen and oxygen atoms in total. The number of oxazole rings is 1. The fourth-order valence-corrected chi connectivity index (χ4v) is 2.66. The Morgan fingerprint density at radius 3 is 2.94 bits per heavy atom. The van der Waals surface area contributed by atoms with Crippen LogP contribution >= 0.6 is 0 Å². The minimum absolute atomic E-state index is 0.315. The van der Waals surface area contributed by atoms with Crippen molar-refractivity contribution in [2.45, 2.75) is 31.7 Å².